The van der Waals surface area contributed by atoms with Crippen LogP contribution >= 0.6 is 0 Å². The van der Waals surface area contributed by atoms with Crippen molar-refractivity contribution in [3.05, 3.63) is 59.7 Å². The van der Waals surface area contributed by atoms with Gasteiger partial charge in [-0.15, -0.1) is 0 Å². The molecule has 0 aromatic heterocycles. The van der Waals surface area contributed by atoms with Crippen molar-refractivity contribution in [3.63, 3.8) is 0 Å². The zero-order chi connectivity index (χ0) is 15.6. The van der Waals surface area contributed by atoms with Gasteiger partial charge in [-0.25, -0.2) is 0 Å². The molecule has 2 aliphatic rings. The zero-order valence-electron chi connectivity index (χ0n) is 12.7. The van der Waals surface area contributed by atoms with Crippen LogP contribution in [0.3, 0.4) is 0 Å². The molecule has 2 aromatic carbocycles. The number of hydrogen-bond donors (Lipinski definition) is 0. The fourth-order valence-electron chi connectivity index (χ4n) is 3.04. The van der Waals surface area contributed by atoms with E-state index in [9.17, 15) is 4.79 Å². The number of carbonyl (C=O) groups excluding carboxylic acids is 1. The summed E-state index contributed by atoms with van der Waals surface area (Å²) in [5, 5.41) is 0. The molecule has 23 heavy (non-hydrogen) atoms. The first-order chi connectivity index (χ1) is 11.3. The van der Waals surface area contributed by atoms with E-state index in [1.54, 1.807) is 6.08 Å². The van der Waals surface area contributed by atoms with Crippen molar-refractivity contribution in [1.29, 1.82) is 0 Å². The van der Waals surface area contributed by atoms with Crippen molar-refractivity contribution in [2.45, 2.75) is 12.8 Å². The maximum Gasteiger partial charge on any atom is 0.250 e. The predicted molar refractivity (Wildman–Crippen MR) is 88.7 cm³/mol. The molecule has 0 unspecified atom stereocenters. The van der Waals surface area contributed by atoms with Gasteiger partial charge in [-0.2, -0.15) is 0 Å². The molecular weight excluding hydrogens is 290 g/mol. The summed E-state index contributed by atoms with van der Waals surface area (Å²) in [5.74, 6) is 1.48. The third-order valence-corrected chi connectivity index (χ3v) is 4.19. The highest BCUT2D eigenvalue weighted by Gasteiger charge is 2.20. The molecule has 0 N–H and O–H groups in total. The van der Waals surface area contributed by atoms with Crippen molar-refractivity contribution >= 4 is 17.7 Å². The standard InChI is InChI=1S/C19H17NO3/c21-19(20-11-3-5-15-4-1-2-6-16(15)20)10-8-14-7-9-17-18(12-14)23-13-22-17/h1-2,4,6-10,12H,3,5,11,13H2/b10-8+. The topological polar surface area (TPSA) is 38.8 Å². The van der Waals surface area contributed by atoms with Gasteiger partial charge in [-0.05, 0) is 48.2 Å². The van der Waals surface area contributed by atoms with Crippen LogP contribution in [0.15, 0.2) is 48.5 Å². The highest BCUT2D eigenvalue weighted by Crippen LogP contribution is 2.33. The Morgan fingerprint density at radius 3 is 2.91 bits per heavy atom. The van der Waals surface area contributed by atoms with E-state index < -0.39 is 0 Å². The minimum atomic E-state index is 0.00909. The van der Waals surface area contributed by atoms with E-state index >= 15 is 0 Å². The molecule has 0 saturated carbocycles. The first kappa shape index (κ1) is 13.9. The van der Waals surface area contributed by atoms with Crippen molar-refractivity contribution in [3.8, 4) is 11.5 Å². The van der Waals surface area contributed by atoms with Crippen molar-refractivity contribution in [1.82, 2.24) is 0 Å². The van der Waals surface area contributed by atoms with E-state index in [1.165, 1.54) is 5.56 Å². The fourth-order valence-corrected chi connectivity index (χ4v) is 3.04. The van der Waals surface area contributed by atoms with E-state index in [-0.39, 0.29) is 12.7 Å². The lowest BCUT2D eigenvalue weighted by Crippen LogP contribution is -2.34. The number of fused-ring (bicyclic) bond motifs is 2. The highest BCUT2D eigenvalue weighted by molar-refractivity contribution is 6.04. The molecule has 0 fully saturated rings. The number of anilines is 1. The molecule has 0 radical (unpaired) electrons. The number of rotatable bonds is 2. The van der Waals surface area contributed by atoms with Crippen LogP contribution < -0.4 is 14.4 Å². The fraction of sp³-hybridized carbons (Fsp3) is 0.211. The van der Waals surface area contributed by atoms with Crippen molar-refractivity contribution < 1.29 is 14.3 Å². The molecule has 4 nitrogen and oxygen atoms in total. The molecule has 0 spiro atoms. The Morgan fingerprint density at radius 2 is 1.96 bits per heavy atom. The first-order valence-electron chi connectivity index (χ1n) is 7.78. The molecule has 0 bridgehead atoms. The molecule has 2 heterocycles. The van der Waals surface area contributed by atoms with Crippen LogP contribution in [0, 0.1) is 0 Å². The Balaban J connectivity index is 1.54. The van der Waals surface area contributed by atoms with E-state index in [1.807, 2.05) is 47.4 Å². The molecule has 0 atom stereocenters. The molecule has 4 rings (SSSR count). The summed E-state index contributed by atoms with van der Waals surface area (Å²) >= 11 is 0. The van der Waals surface area contributed by atoms with Gasteiger partial charge in [0.2, 0.25) is 6.79 Å². The summed E-state index contributed by atoms with van der Waals surface area (Å²) in [6.45, 7) is 1.02. The third-order valence-electron chi connectivity index (χ3n) is 4.19. The third kappa shape index (κ3) is 2.68. The highest BCUT2D eigenvalue weighted by atomic mass is 16.7. The van der Waals surface area contributed by atoms with Gasteiger partial charge in [0.25, 0.3) is 5.91 Å². The number of benzene rings is 2. The quantitative estimate of drug-likeness (QED) is 0.798. The molecule has 2 aromatic rings. The summed E-state index contributed by atoms with van der Waals surface area (Å²) in [6.07, 6.45) is 5.48. The van der Waals surface area contributed by atoms with Crippen LogP contribution in [0.5, 0.6) is 11.5 Å². The number of ether oxygens (including phenoxy) is 2. The lowest BCUT2D eigenvalue weighted by molar-refractivity contribution is -0.114. The summed E-state index contributed by atoms with van der Waals surface area (Å²) in [6, 6.07) is 13.8. The SMILES string of the molecule is O=C(/C=C/c1ccc2c(c1)OCO2)N1CCCc2ccccc21. The van der Waals surface area contributed by atoms with Crippen LogP contribution in [-0.4, -0.2) is 19.2 Å². The van der Waals surface area contributed by atoms with E-state index in [0.29, 0.717) is 0 Å². The second kappa shape index (κ2) is 5.80. The smallest absolute Gasteiger partial charge is 0.250 e. The predicted octanol–water partition coefficient (Wildman–Crippen LogP) is 3.41. The van der Waals surface area contributed by atoms with Crippen LogP contribution in [0.25, 0.3) is 6.08 Å². The number of para-hydroxylation sites is 1. The molecule has 2 aliphatic heterocycles. The number of amides is 1. The number of carbonyl (C=O) groups is 1. The van der Waals surface area contributed by atoms with Gasteiger partial charge in [0.1, 0.15) is 0 Å². The first-order valence-corrected chi connectivity index (χ1v) is 7.78. The van der Waals surface area contributed by atoms with Crippen molar-refractivity contribution in [2.24, 2.45) is 0 Å². The average Bonchev–Trinajstić information content (AvgIpc) is 3.07. The second-order valence-corrected chi connectivity index (χ2v) is 5.67. The van der Waals surface area contributed by atoms with E-state index in [0.717, 1.165) is 42.1 Å². The lowest BCUT2D eigenvalue weighted by atomic mass is 10.0. The van der Waals surface area contributed by atoms with Gasteiger partial charge in [0, 0.05) is 18.3 Å². The Bertz CT molecular complexity index is 782. The Hall–Kier alpha value is -2.75. The summed E-state index contributed by atoms with van der Waals surface area (Å²) in [4.78, 5) is 14.4. The number of aryl methyl sites for hydroxylation is 1. The Kier molecular flexibility index (Phi) is 3.50. The zero-order valence-corrected chi connectivity index (χ0v) is 12.7. The molecular formula is C19H17NO3. The number of nitrogens with zero attached hydrogens (tertiary/aromatic N) is 1. The Morgan fingerprint density at radius 1 is 1.09 bits per heavy atom. The van der Waals surface area contributed by atoms with Gasteiger partial charge in [0.15, 0.2) is 11.5 Å². The average molecular weight is 307 g/mol. The van der Waals surface area contributed by atoms with E-state index in [4.69, 9.17) is 9.47 Å². The van der Waals surface area contributed by atoms with Crippen LogP contribution in [0.1, 0.15) is 17.5 Å². The summed E-state index contributed by atoms with van der Waals surface area (Å²) in [5.41, 5.74) is 3.19. The van der Waals surface area contributed by atoms with Gasteiger partial charge in [-0.1, -0.05) is 24.3 Å². The van der Waals surface area contributed by atoms with Gasteiger partial charge >= 0.3 is 0 Å². The Labute approximate surface area is 134 Å². The van der Waals surface area contributed by atoms with Crippen LogP contribution in [-0.2, 0) is 11.2 Å². The second-order valence-electron chi connectivity index (χ2n) is 5.67. The molecule has 0 aliphatic carbocycles. The largest absolute Gasteiger partial charge is 0.454 e. The van der Waals surface area contributed by atoms with Crippen LogP contribution in [0.4, 0.5) is 5.69 Å². The summed E-state index contributed by atoms with van der Waals surface area (Å²) in [7, 11) is 0. The van der Waals surface area contributed by atoms with Gasteiger partial charge in [-0.3, -0.25) is 4.79 Å². The normalized spacial score (nSPS) is 15.7. The maximum absolute atomic E-state index is 12.6. The molecule has 116 valence electrons. The van der Waals surface area contributed by atoms with Crippen molar-refractivity contribution in [2.75, 3.05) is 18.2 Å². The minimum Gasteiger partial charge on any atom is -0.454 e. The number of hydrogen-bond acceptors (Lipinski definition) is 3. The van der Waals surface area contributed by atoms with Crippen LogP contribution in [0.2, 0.25) is 0 Å². The molecule has 0 saturated heterocycles. The monoisotopic (exact) mass is 307 g/mol. The minimum absolute atomic E-state index is 0.00909. The molecule has 1 amide bonds. The molecule has 4 heteroatoms. The van der Waals surface area contributed by atoms with E-state index in [2.05, 4.69) is 6.07 Å². The van der Waals surface area contributed by atoms with Gasteiger partial charge < -0.3 is 14.4 Å². The summed E-state index contributed by atoms with van der Waals surface area (Å²) < 4.78 is 10.6. The lowest BCUT2D eigenvalue weighted by Gasteiger charge is -2.28. The maximum atomic E-state index is 12.6. The van der Waals surface area contributed by atoms with Gasteiger partial charge in [0.05, 0.1) is 0 Å².